The fourth-order valence-electron chi connectivity index (χ4n) is 2.65. The zero-order chi connectivity index (χ0) is 17.3. The lowest BCUT2D eigenvalue weighted by molar-refractivity contribution is -0.121. The number of carbonyl (C=O) groups excluding carboxylic acids is 1. The summed E-state index contributed by atoms with van der Waals surface area (Å²) in [7, 11) is -4.05. The van der Waals surface area contributed by atoms with Gasteiger partial charge in [0, 0.05) is 9.35 Å². The first kappa shape index (κ1) is 17.1. The second kappa shape index (κ2) is 6.63. The van der Waals surface area contributed by atoms with Crippen molar-refractivity contribution >= 4 is 43.2 Å². The fraction of sp³-hybridized carbons (Fsp3) is 0.267. The van der Waals surface area contributed by atoms with Gasteiger partial charge in [-0.25, -0.2) is 18.1 Å². The molecule has 124 valence electrons. The first-order valence-corrected chi connectivity index (χ1v) is 10.3. The van der Waals surface area contributed by atoms with Gasteiger partial charge in [0.05, 0.1) is 33.7 Å². The topological polar surface area (TPSA) is 99.9 Å². The standard InChI is InChI=1S/C15H12BrN3O3S2/c16-10-4-9(7-17)5-11(6-10)24(21,22)19-15(20)12-2-1-3-13-14(12)18-8-23-13/h4-6,8,12H,1-3H2,(H,19,20). The number of aryl methyl sites for hydroxylation is 1. The zero-order valence-electron chi connectivity index (χ0n) is 12.3. The van der Waals surface area contributed by atoms with Crippen LogP contribution in [0.1, 0.15) is 34.9 Å². The van der Waals surface area contributed by atoms with Crippen LogP contribution in [0.5, 0.6) is 0 Å². The Morgan fingerprint density at radius 3 is 2.96 bits per heavy atom. The zero-order valence-corrected chi connectivity index (χ0v) is 15.5. The molecule has 0 saturated carbocycles. The molecule has 1 amide bonds. The molecule has 6 nitrogen and oxygen atoms in total. The van der Waals surface area contributed by atoms with Crippen LogP contribution in [0.3, 0.4) is 0 Å². The fourth-order valence-corrected chi connectivity index (χ4v) is 5.26. The molecule has 1 aromatic heterocycles. The molecule has 1 aromatic carbocycles. The molecule has 1 unspecified atom stereocenters. The molecular weight excluding hydrogens is 414 g/mol. The van der Waals surface area contributed by atoms with E-state index < -0.39 is 21.8 Å². The molecule has 9 heteroatoms. The summed E-state index contributed by atoms with van der Waals surface area (Å²) < 4.78 is 27.5. The number of aromatic nitrogens is 1. The minimum Gasteiger partial charge on any atom is -0.273 e. The lowest BCUT2D eigenvalue weighted by Crippen LogP contribution is -2.36. The van der Waals surface area contributed by atoms with Gasteiger partial charge in [-0.05, 0) is 37.5 Å². The Balaban J connectivity index is 1.87. The average molecular weight is 426 g/mol. The van der Waals surface area contributed by atoms with Gasteiger partial charge in [0.2, 0.25) is 5.91 Å². The number of nitrogens with zero attached hydrogens (tertiary/aromatic N) is 2. The van der Waals surface area contributed by atoms with Crippen LogP contribution < -0.4 is 4.72 Å². The van der Waals surface area contributed by atoms with E-state index in [0.29, 0.717) is 16.6 Å². The second-order valence-electron chi connectivity index (χ2n) is 5.36. The van der Waals surface area contributed by atoms with E-state index in [-0.39, 0.29) is 10.5 Å². The maximum Gasteiger partial charge on any atom is 0.264 e. The van der Waals surface area contributed by atoms with Crippen LogP contribution >= 0.6 is 27.3 Å². The van der Waals surface area contributed by atoms with Crippen LogP contribution in [0.4, 0.5) is 0 Å². The Morgan fingerprint density at radius 2 is 2.21 bits per heavy atom. The first-order chi connectivity index (χ1) is 11.4. The number of hydrogen-bond acceptors (Lipinski definition) is 6. The van der Waals surface area contributed by atoms with E-state index in [9.17, 15) is 13.2 Å². The van der Waals surface area contributed by atoms with Crippen molar-refractivity contribution in [3.8, 4) is 6.07 Å². The van der Waals surface area contributed by atoms with Gasteiger partial charge in [-0.15, -0.1) is 11.3 Å². The summed E-state index contributed by atoms with van der Waals surface area (Å²) in [6.45, 7) is 0. The van der Waals surface area contributed by atoms with Crippen molar-refractivity contribution in [2.45, 2.75) is 30.1 Å². The number of carbonyl (C=O) groups is 1. The highest BCUT2D eigenvalue weighted by Gasteiger charge is 2.31. The summed E-state index contributed by atoms with van der Waals surface area (Å²) in [4.78, 5) is 17.6. The highest BCUT2D eigenvalue weighted by Crippen LogP contribution is 2.33. The van der Waals surface area contributed by atoms with Crippen LogP contribution in [0, 0.1) is 11.3 Å². The van der Waals surface area contributed by atoms with Crippen molar-refractivity contribution in [1.29, 1.82) is 5.26 Å². The van der Waals surface area contributed by atoms with Crippen molar-refractivity contribution in [2.75, 3.05) is 0 Å². The second-order valence-corrected chi connectivity index (χ2v) is 8.90. The van der Waals surface area contributed by atoms with Gasteiger partial charge in [-0.3, -0.25) is 4.79 Å². The third-order valence-electron chi connectivity index (χ3n) is 3.76. The number of fused-ring (bicyclic) bond motifs is 1. The van der Waals surface area contributed by atoms with Crippen LogP contribution in [-0.4, -0.2) is 19.3 Å². The predicted molar refractivity (Wildman–Crippen MR) is 92.0 cm³/mol. The first-order valence-electron chi connectivity index (χ1n) is 7.10. The number of halogens is 1. The Hall–Kier alpha value is -1.76. The van der Waals surface area contributed by atoms with E-state index in [0.717, 1.165) is 17.7 Å². The molecule has 1 N–H and O–H groups in total. The van der Waals surface area contributed by atoms with Crippen LogP contribution in [0.25, 0.3) is 0 Å². The van der Waals surface area contributed by atoms with Gasteiger partial charge in [0.1, 0.15) is 0 Å². The molecular formula is C15H12BrN3O3S2. The smallest absolute Gasteiger partial charge is 0.264 e. The van der Waals surface area contributed by atoms with Gasteiger partial charge in [0.25, 0.3) is 10.0 Å². The molecule has 0 saturated heterocycles. The van der Waals surface area contributed by atoms with Crippen LogP contribution in [-0.2, 0) is 21.2 Å². The Morgan fingerprint density at radius 1 is 1.42 bits per heavy atom. The van der Waals surface area contributed by atoms with Crippen LogP contribution in [0.2, 0.25) is 0 Å². The van der Waals surface area contributed by atoms with Crippen LogP contribution in [0.15, 0.2) is 33.1 Å². The molecule has 0 radical (unpaired) electrons. The SMILES string of the molecule is N#Cc1cc(Br)cc(S(=O)(=O)NC(=O)C2CCCc3scnc32)c1. The minimum absolute atomic E-state index is 0.129. The summed E-state index contributed by atoms with van der Waals surface area (Å²) in [6, 6.07) is 5.98. The molecule has 0 spiro atoms. The van der Waals surface area contributed by atoms with Gasteiger partial charge in [0.15, 0.2) is 0 Å². The number of amides is 1. The maximum absolute atomic E-state index is 12.5. The molecule has 1 heterocycles. The highest BCUT2D eigenvalue weighted by atomic mass is 79.9. The lowest BCUT2D eigenvalue weighted by Gasteiger charge is -2.20. The van der Waals surface area contributed by atoms with E-state index in [1.54, 1.807) is 5.51 Å². The van der Waals surface area contributed by atoms with E-state index in [4.69, 9.17) is 5.26 Å². The molecule has 1 aliphatic rings. The van der Waals surface area contributed by atoms with E-state index in [1.165, 1.54) is 29.5 Å². The highest BCUT2D eigenvalue weighted by molar-refractivity contribution is 9.10. The third kappa shape index (κ3) is 3.36. The molecule has 0 aliphatic heterocycles. The van der Waals surface area contributed by atoms with E-state index in [1.807, 2.05) is 6.07 Å². The van der Waals surface area contributed by atoms with Crippen molar-refractivity contribution < 1.29 is 13.2 Å². The maximum atomic E-state index is 12.5. The summed E-state index contributed by atoms with van der Waals surface area (Å²) in [5.41, 5.74) is 2.54. The number of nitrogens with one attached hydrogen (secondary N) is 1. The lowest BCUT2D eigenvalue weighted by atomic mass is 9.91. The Labute approximate surface area is 151 Å². The van der Waals surface area contributed by atoms with Crippen molar-refractivity contribution in [3.05, 3.63) is 44.3 Å². The van der Waals surface area contributed by atoms with Gasteiger partial charge < -0.3 is 0 Å². The summed E-state index contributed by atoms with van der Waals surface area (Å²) >= 11 is 4.65. The Bertz CT molecular complexity index is 947. The third-order valence-corrected chi connectivity index (χ3v) is 6.45. The number of nitriles is 1. The predicted octanol–water partition coefficient (Wildman–Crippen LogP) is 2.70. The van der Waals surface area contributed by atoms with E-state index >= 15 is 0 Å². The minimum atomic E-state index is -4.05. The quantitative estimate of drug-likeness (QED) is 0.814. The summed E-state index contributed by atoms with van der Waals surface area (Å²) in [5.74, 6) is -1.14. The molecule has 2 aromatic rings. The number of thiazole rings is 1. The van der Waals surface area contributed by atoms with Gasteiger partial charge in [-0.1, -0.05) is 15.9 Å². The number of benzene rings is 1. The number of hydrogen-bond donors (Lipinski definition) is 1. The molecule has 0 fully saturated rings. The average Bonchev–Trinajstić information content (AvgIpc) is 3.02. The molecule has 1 aliphatic carbocycles. The molecule has 1 atom stereocenters. The summed E-state index contributed by atoms with van der Waals surface area (Å²) in [5, 5.41) is 8.96. The van der Waals surface area contributed by atoms with Gasteiger partial charge >= 0.3 is 0 Å². The largest absolute Gasteiger partial charge is 0.273 e. The normalized spacial score (nSPS) is 16.9. The monoisotopic (exact) mass is 425 g/mol. The Kier molecular flexibility index (Phi) is 4.71. The molecule has 3 rings (SSSR count). The number of sulfonamides is 1. The molecule has 24 heavy (non-hydrogen) atoms. The van der Waals surface area contributed by atoms with Crippen molar-refractivity contribution in [3.63, 3.8) is 0 Å². The van der Waals surface area contributed by atoms with Crippen molar-refractivity contribution in [1.82, 2.24) is 9.71 Å². The molecule has 0 bridgehead atoms. The summed E-state index contributed by atoms with van der Waals surface area (Å²) in [6.07, 6.45) is 2.26. The number of rotatable bonds is 3. The van der Waals surface area contributed by atoms with E-state index in [2.05, 4.69) is 25.6 Å². The van der Waals surface area contributed by atoms with Crippen molar-refractivity contribution in [2.24, 2.45) is 0 Å². The van der Waals surface area contributed by atoms with Gasteiger partial charge in [-0.2, -0.15) is 5.26 Å².